The van der Waals surface area contributed by atoms with Gasteiger partial charge in [0.15, 0.2) is 0 Å². The monoisotopic (exact) mass is 609 g/mol. The number of carbonyl (C=O) groups is 2. The predicted molar refractivity (Wildman–Crippen MR) is 165 cm³/mol. The maximum Gasteiger partial charge on any atom is 0.411 e. The average molecular weight is 610 g/mol. The molecular weight excluding hydrogens is 562 g/mol. The van der Waals surface area contributed by atoms with Crippen LogP contribution in [0.1, 0.15) is 89.5 Å². The van der Waals surface area contributed by atoms with Crippen LogP contribution in [0.4, 0.5) is 4.79 Å². The molecular formula is C34H47N3O7. The number of pyridine rings is 2. The summed E-state index contributed by atoms with van der Waals surface area (Å²) in [4.78, 5) is 38.2. The predicted octanol–water partition coefficient (Wildman–Crippen LogP) is 6.40. The number of aromatic nitrogens is 2. The van der Waals surface area contributed by atoms with Gasteiger partial charge >= 0.3 is 12.1 Å². The lowest BCUT2D eigenvalue weighted by molar-refractivity contribution is -0.151. The van der Waals surface area contributed by atoms with E-state index in [1.165, 1.54) is 17.4 Å². The first kappa shape index (κ1) is 33.2. The van der Waals surface area contributed by atoms with Crippen molar-refractivity contribution in [2.24, 2.45) is 11.3 Å². The molecule has 0 bridgehead atoms. The van der Waals surface area contributed by atoms with Crippen molar-refractivity contribution in [1.29, 1.82) is 0 Å². The van der Waals surface area contributed by atoms with Crippen LogP contribution in [0, 0.1) is 11.3 Å². The first-order valence-electron chi connectivity index (χ1n) is 15.5. The minimum atomic E-state index is -1.00. The Labute approximate surface area is 261 Å². The molecule has 0 N–H and O–H groups in total. The summed E-state index contributed by atoms with van der Waals surface area (Å²) in [6.45, 7) is 15.6. The first-order valence-corrected chi connectivity index (χ1v) is 15.5. The molecule has 0 radical (unpaired) electrons. The quantitative estimate of drug-likeness (QED) is 0.199. The van der Waals surface area contributed by atoms with Crippen molar-refractivity contribution < 1.29 is 33.3 Å². The molecule has 2 fully saturated rings. The largest absolute Gasteiger partial charge is 0.481 e. The summed E-state index contributed by atoms with van der Waals surface area (Å²) in [6, 6.07) is 3.94. The molecule has 0 aromatic carbocycles. The molecule has 10 nitrogen and oxygen atoms in total. The molecule has 2 aromatic rings. The standard InChI is InChI=1S/C34H47N3O7/c1-9-17-42-33(39)37-27(25-15-12-16-35-31(25)44-21(3)4)29(26(34(5,6)7)28(37)32(38)41-10-2)43-20-24-18-23(22-13-11-14-22)19-36-30(24)40-8/h9,12,15-16,18-19,21-22,26-29H,1,10-11,13-14,17,20H2,2-8H3/t26-,27+,28+,29+/m1/s1. The molecule has 1 saturated carbocycles. The fourth-order valence-corrected chi connectivity index (χ4v) is 6.19. The van der Waals surface area contributed by atoms with E-state index in [9.17, 15) is 9.59 Å². The van der Waals surface area contributed by atoms with Crippen molar-refractivity contribution in [2.75, 3.05) is 20.3 Å². The van der Waals surface area contributed by atoms with Crippen molar-refractivity contribution >= 4 is 12.1 Å². The molecule has 1 amide bonds. The summed E-state index contributed by atoms with van der Waals surface area (Å²) >= 11 is 0. The third kappa shape index (κ3) is 7.17. The van der Waals surface area contributed by atoms with Crippen LogP contribution in [0.3, 0.4) is 0 Å². The van der Waals surface area contributed by atoms with E-state index in [-0.39, 0.29) is 25.9 Å². The number of methoxy groups -OCH3 is 1. The highest BCUT2D eigenvalue weighted by atomic mass is 16.6. The average Bonchev–Trinajstić information content (AvgIpc) is 3.30. The van der Waals surface area contributed by atoms with E-state index in [1.807, 2.05) is 46.9 Å². The highest BCUT2D eigenvalue weighted by Gasteiger charge is 2.60. The Bertz CT molecular complexity index is 1300. The Morgan fingerprint density at radius 1 is 1.16 bits per heavy atom. The number of likely N-dealkylation sites (tertiary alicyclic amines) is 1. The lowest BCUT2D eigenvalue weighted by Crippen LogP contribution is -2.48. The number of esters is 1. The van der Waals surface area contributed by atoms with E-state index < -0.39 is 41.6 Å². The van der Waals surface area contributed by atoms with Gasteiger partial charge in [-0.3, -0.25) is 4.90 Å². The number of carbonyl (C=O) groups excluding carboxylic acids is 2. The van der Waals surface area contributed by atoms with Crippen LogP contribution < -0.4 is 9.47 Å². The SMILES string of the molecule is C=CCOC(=O)N1[C@H](C(=O)OCC)[C@@H](C(C)(C)C)[C@H](OCc2cc(C3CCC3)cnc2OC)[C@@H]1c1cccnc1OC(C)C. The summed E-state index contributed by atoms with van der Waals surface area (Å²) < 4.78 is 29.8. The molecule has 2 aliphatic rings. The van der Waals surface area contributed by atoms with Gasteiger partial charge in [-0.1, -0.05) is 39.8 Å². The van der Waals surface area contributed by atoms with Crippen LogP contribution in [0.15, 0.2) is 43.2 Å². The molecule has 4 rings (SSSR count). The van der Waals surface area contributed by atoms with E-state index >= 15 is 0 Å². The zero-order chi connectivity index (χ0) is 32.0. The highest BCUT2D eigenvalue weighted by molar-refractivity contribution is 5.83. The van der Waals surface area contributed by atoms with E-state index in [2.05, 4.69) is 22.6 Å². The molecule has 10 heteroatoms. The van der Waals surface area contributed by atoms with Crippen LogP contribution in [0.25, 0.3) is 0 Å². The number of hydrogen-bond donors (Lipinski definition) is 0. The molecule has 1 saturated heterocycles. The maximum absolute atomic E-state index is 13.9. The Morgan fingerprint density at radius 3 is 2.50 bits per heavy atom. The summed E-state index contributed by atoms with van der Waals surface area (Å²) in [5.41, 5.74) is 2.06. The topological polar surface area (TPSA) is 109 Å². The van der Waals surface area contributed by atoms with Gasteiger partial charge in [0.2, 0.25) is 11.8 Å². The maximum atomic E-state index is 13.9. The second-order valence-electron chi connectivity index (χ2n) is 12.7. The summed E-state index contributed by atoms with van der Waals surface area (Å²) in [5.74, 6) is 0.280. The second-order valence-corrected chi connectivity index (χ2v) is 12.7. The van der Waals surface area contributed by atoms with Crippen molar-refractivity contribution in [1.82, 2.24) is 14.9 Å². The fraction of sp³-hybridized carbons (Fsp3) is 0.588. The normalized spacial score (nSPS) is 22.0. The van der Waals surface area contributed by atoms with Crippen LogP contribution in [0.2, 0.25) is 0 Å². The Kier molecular flexibility index (Phi) is 10.9. The van der Waals surface area contributed by atoms with Gasteiger partial charge in [0, 0.05) is 29.4 Å². The first-order chi connectivity index (χ1) is 21.0. The minimum absolute atomic E-state index is 0.0253. The highest BCUT2D eigenvalue weighted by Crippen LogP contribution is 2.51. The third-order valence-corrected chi connectivity index (χ3v) is 8.28. The van der Waals surface area contributed by atoms with Gasteiger partial charge in [-0.25, -0.2) is 19.6 Å². The van der Waals surface area contributed by atoms with Gasteiger partial charge in [0.25, 0.3) is 0 Å². The van der Waals surface area contributed by atoms with Crippen LogP contribution >= 0.6 is 0 Å². The summed E-state index contributed by atoms with van der Waals surface area (Å²) in [7, 11) is 1.59. The second kappa shape index (κ2) is 14.4. The molecule has 0 spiro atoms. The van der Waals surface area contributed by atoms with Gasteiger partial charge in [0.05, 0.1) is 38.6 Å². The zero-order valence-electron chi connectivity index (χ0n) is 27.1. The lowest BCUT2D eigenvalue weighted by atomic mass is 9.73. The van der Waals surface area contributed by atoms with Crippen LogP contribution in [0.5, 0.6) is 11.8 Å². The summed E-state index contributed by atoms with van der Waals surface area (Å²) in [6.07, 6.45) is 6.93. The van der Waals surface area contributed by atoms with Crippen molar-refractivity contribution in [3.63, 3.8) is 0 Å². The van der Waals surface area contributed by atoms with E-state index in [0.29, 0.717) is 23.2 Å². The Balaban J connectivity index is 1.87. The smallest absolute Gasteiger partial charge is 0.411 e. The Hall–Kier alpha value is -3.66. The van der Waals surface area contributed by atoms with E-state index in [0.717, 1.165) is 24.0 Å². The Morgan fingerprint density at radius 2 is 1.91 bits per heavy atom. The number of rotatable bonds is 12. The zero-order valence-corrected chi connectivity index (χ0v) is 27.1. The van der Waals surface area contributed by atoms with Gasteiger partial charge in [0.1, 0.15) is 12.6 Å². The molecule has 0 unspecified atom stereocenters. The third-order valence-electron chi connectivity index (χ3n) is 8.28. The van der Waals surface area contributed by atoms with Gasteiger partial charge in [-0.2, -0.15) is 0 Å². The molecule has 2 aromatic heterocycles. The van der Waals surface area contributed by atoms with Gasteiger partial charge in [-0.15, -0.1) is 0 Å². The molecule has 1 aliphatic carbocycles. The van der Waals surface area contributed by atoms with Crippen molar-refractivity contribution in [3.8, 4) is 11.8 Å². The molecule has 3 heterocycles. The van der Waals surface area contributed by atoms with Gasteiger partial charge in [-0.05, 0) is 68.7 Å². The van der Waals surface area contributed by atoms with Crippen LogP contribution in [-0.2, 0) is 25.6 Å². The molecule has 1 aliphatic heterocycles. The number of amides is 1. The van der Waals surface area contributed by atoms with Crippen LogP contribution in [-0.4, -0.2) is 65.5 Å². The summed E-state index contributed by atoms with van der Waals surface area (Å²) in [5, 5.41) is 0. The van der Waals surface area contributed by atoms with E-state index in [4.69, 9.17) is 23.7 Å². The van der Waals surface area contributed by atoms with Crippen molar-refractivity contribution in [3.05, 3.63) is 59.9 Å². The fourth-order valence-electron chi connectivity index (χ4n) is 6.19. The van der Waals surface area contributed by atoms with E-state index in [1.54, 1.807) is 26.3 Å². The molecule has 44 heavy (non-hydrogen) atoms. The molecule has 240 valence electrons. The molecule has 4 atom stereocenters. The lowest BCUT2D eigenvalue weighted by Gasteiger charge is -2.35. The number of ether oxygens (including phenoxy) is 5. The van der Waals surface area contributed by atoms with Crippen molar-refractivity contribution in [2.45, 2.75) is 97.6 Å². The number of nitrogens with zero attached hydrogens (tertiary/aromatic N) is 3. The number of hydrogen-bond acceptors (Lipinski definition) is 9. The van der Waals surface area contributed by atoms with Gasteiger partial charge < -0.3 is 23.7 Å². The minimum Gasteiger partial charge on any atom is -0.481 e.